The Labute approximate surface area is 259 Å². The van der Waals surface area contributed by atoms with Crippen molar-refractivity contribution in [1.82, 2.24) is 4.98 Å². The maximum Gasteiger partial charge on any atom is 0.309 e. The Balaban J connectivity index is 0.00000481. The first-order valence-electron chi connectivity index (χ1n) is 12.8. The maximum atomic E-state index is 13.2. The monoisotopic (exact) mass is 750 g/mol. The molecule has 0 aromatic carbocycles. The number of hydrogen-bond acceptors (Lipinski definition) is 9. The first-order valence-corrected chi connectivity index (χ1v) is 13.7. The molecule has 1 unspecified atom stereocenters. The molecule has 0 saturated carbocycles. The van der Waals surface area contributed by atoms with Crippen LogP contribution >= 0.6 is 11.3 Å². The van der Waals surface area contributed by atoms with Crippen molar-refractivity contribution in [2.75, 3.05) is 0 Å². The molecule has 3 heterocycles. The van der Waals surface area contributed by atoms with Crippen molar-refractivity contribution in [3.8, 4) is 0 Å². The van der Waals surface area contributed by atoms with E-state index < -0.39 is 35.6 Å². The summed E-state index contributed by atoms with van der Waals surface area (Å²) in [7, 11) is 0. The van der Waals surface area contributed by atoms with Crippen LogP contribution in [0.1, 0.15) is 84.3 Å². The zero-order valence-electron chi connectivity index (χ0n) is 22.8. The minimum atomic E-state index is -1.26. The molecule has 0 spiro atoms. The Morgan fingerprint density at radius 3 is 2.54 bits per heavy atom. The van der Waals surface area contributed by atoms with Gasteiger partial charge in [-0.2, -0.15) is 0 Å². The average molecular weight is 751 g/mol. The molecule has 3 N–H and O–H groups in total. The van der Waals surface area contributed by atoms with Gasteiger partial charge in [0.1, 0.15) is 16.9 Å². The smallest absolute Gasteiger partial charge is 0.309 e. The molecule has 2 aliphatic heterocycles. The van der Waals surface area contributed by atoms with Crippen LogP contribution in [0.2, 0.25) is 0 Å². The summed E-state index contributed by atoms with van der Waals surface area (Å²) in [5.74, 6) is -1.64. The predicted molar refractivity (Wildman–Crippen MR) is 137 cm³/mol. The van der Waals surface area contributed by atoms with Gasteiger partial charge in [-0.1, -0.05) is 34.1 Å². The van der Waals surface area contributed by atoms with Crippen LogP contribution in [0, 0.1) is 61.3 Å². The molecule has 1 aromatic heterocycles. The van der Waals surface area contributed by atoms with Gasteiger partial charge in [-0.25, -0.2) is 4.98 Å². The number of aliphatic hydroxyl groups is 3. The number of epoxide rings is 1. The number of carbonyl (C=O) groups excluding carboxylic acids is 2. The second-order valence-electron chi connectivity index (χ2n) is 11.3. The summed E-state index contributed by atoms with van der Waals surface area (Å²) in [5, 5.41) is 33.4. The number of nitrogens with zero attached hydrogens (tertiary/aromatic N) is 1. The molecule has 0 amide bonds. The van der Waals surface area contributed by atoms with E-state index in [0.29, 0.717) is 17.1 Å². The number of hydrogen-bond donors (Lipinski definition) is 3. The third kappa shape index (κ3) is 8.16. The van der Waals surface area contributed by atoms with E-state index in [-0.39, 0.29) is 80.5 Å². The Bertz CT molecular complexity index is 980. The van der Waals surface area contributed by atoms with E-state index in [1.54, 1.807) is 20.8 Å². The molecule has 3 rings (SSSR count). The molecule has 7 atom stereocenters. The van der Waals surface area contributed by atoms with Gasteiger partial charge in [-0.05, 0) is 44.3 Å². The molecule has 2 saturated heterocycles. The number of Topliss-reactive ketones (excluding diaryl/α,β-unsaturated/α-hetero) is 1. The van der Waals surface area contributed by atoms with Crippen LogP contribution in [0.15, 0.2) is 11.0 Å². The first-order chi connectivity index (χ1) is 16.8. The van der Waals surface area contributed by atoms with Crippen LogP contribution in [-0.4, -0.2) is 62.1 Å². The topological polar surface area (TPSA) is 129 Å². The number of cyclic esters (lactones) is 1. The van der Waals surface area contributed by atoms with Gasteiger partial charge in [-0.15, -0.1) is 11.3 Å². The fourth-order valence-corrected chi connectivity index (χ4v) is 5.69. The molecule has 10 heteroatoms. The predicted octanol–water partition coefficient (Wildman–Crippen LogP) is 3.66. The summed E-state index contributed by atoms with van der Waals surface area (Å²) in [4.78, 5) is 30.5. The largest absolute Gasteiger partial charge is 0.458 e. The minimum absolute atomic E-state index is 0. The van der Waals surface area contributed by atoms with Crippen LogP contribution in [-0.2, 0) is 25.7 Å². The van der Waals surface area contributed by atoms with Gasteiger partial charge in [0.2, 0.25) is 0 Å². The van der Waals surface area contributed by atoms with Crippen LogP contribution in [0.4, 0.5) is 0 Å². The summed E-state index contributed by atoms with van der Waals surface area (Å²) in [5.41, 5.74) is -0.0964. The van der Waals surface area contributed by atoms with Gasteiger partial charge in [0, 0.05) is 61.8 Å². The third-order valence-electron chi connectivity index (χ3n) is 8.00. The Morgan fingerprint density at radius 2 is 1.92 bits per heavy atom. The molecule has 205 valence electrons. The second kappa shape index (κ2) is 13.4. The summed E-state index contributed by atoms with van der Waals surface area (Å²) >= 11 is 1.35. The number of carbonyl (C=O) groups is 2. The van der Waals surface area contributed by atoms with Crippen LogP contribution in [0.3, 0.4) is 0 Å². The van der Waals surface area contributed by atoms with Crippen molar-refractivity contribution in [2.45, 2.75) is 110 Å². The van der Waals surface area contributed by atoms with Crippen molar-refractivity contribution in [3.63, 3.8) is 0 Å². The molecule has 1 aromatic rings. The van der Waals surface area contributed by atoms with E-state index in [4.69, 9.17) is 9.47 Å². The SMILES string of the molecule is C/C(=C\c1csc(CO)n1)[C@@H]1CC2O[C@]2(C)CCC[C@H](C)[C@H](O)[C@@H](C)C(=O)C(C)(C)[C@@H](O)CC(=O)O1.[Ac]. The van der Waals surface area contributed by atoms with Crippen molar-refractivity contribution >= 4 is 29.2 Å². The van der Waals surface area contributed by atoms with E-state index in [2.05, 4.69) is 4.98 Å². The maximum absolute atomic E-state index is 13.2. The van der Waals surface area contributed by atoms with Gasteiger partial charge in [0.25, 0.3) is 0 Å². The molecular formula is C27H41AcNO7S. The Hall–Kier alpha value is -0.208. The molecule has 8 nitrogen and oxygen atoms in total. The number of ketones is 1. The third-order valence-corrected chi connectivity index (χ3v) is 8.85. The molecular weight excluding hydrogens is 709 g/mol. The zero-order valence-corrected chi connectivity index (χ0v) is 28.3. The van der Waals surface area contributed by atoms with Gasteiger partial charge >= 0.3 is 5.97 Å². The summed E-state index contributed by atoms with van der Waals surface area (Å²) in [6, 6.07) is 0. The number of aliphatic hydroxyl groups excluding tert-OH is 3. The van der Waals surface area contributed by atoms with Crippen molar-refractivity contribution < 1.29 is 78.4 Å². The van der Waals surface area contributed by atoms with Crippen molar-refractivity contribution in [2.24, 2.45) is 17.3 Å². The van der Waals surface area contributed by atoms with E-state index in [1.807, 2.05) is 32.2 Å². The van der Waals surface area contributed by atoms with Crippen molar-refractivity contribution in [1.29, 1.82) is 0 Å². The van der Waals surface area contributed by atoms with Gasteiger partial charge < -0.3 is 24.8 Å². The van der Waals surface area contributed by atoms with Gasteiger partial charge in [-0.3, -0.25) is 9.59 Å². The number of rotatable bonds is 3. The number of fused-ring (bicyclic) bond motifs is 1. The molecule has 0 aliphatic carbocycles. The van der Waals surface area contributed by atoms with E-state index in [9.17, 15) is 24.9 Å². The van der Waals surface area contributed by atoms with Crippen molar-refractivity contribution in [3.05, 3.63) is 21.7 Å². The summed E-state index contributed by atoms with van der Waals surface area (Å²) < 4.78 is 11.9. The fraction of sp³-hybridized carbons (Fsp3) is 0.741. The summed E-state index contributed by atoms with van der Waals surface area (Å²) in [6.45, 7) is 10.6. The van der Waals surface area contributed by atoms with Crippen LogP contribution in [0.5, 0.6) is 0 Å². The number of aromatic nitrogens is 1. The van der Waals surface area contributed by atoms with E-state index in [0.717, 1.165) is 24.8 Å². The zero-order chi connectivity index (χ0) is 26.8. The van der Waals surface area contributed by atoms with Crippen LogP contribution in [0.25, 0.3) is 6.08 Å². The Kier molecular flexibility index (Phi) is 12.0. The van der Waals surface area contributed by atoms with Crippen LogP contribution < -0.4 is 0 Å². The normalized spacial score (nSPS) is 35.8. The molecule has 37 heavy (non-hydrogen) atoms. The molecule has 2 aliphatic rings. The first kappa shape index (κ1) is 33.0. The quantitative estimate of drug-likeness (QED) is 0.316. The average Bonchev–Trinajstić information content (AvgIpc) is 3.23. The number of ether oxygens (including phenoxy) is 2. The second-order valence-corrected chi connectivity index (χ2v) is 12.2. The number of esters is 1. The molecule has 2 fully saturated rings. The van der Waals surface area contributed by atoms with Gasteiger partial charge in [0.05, 0.1) is 48.0 Å². The molecule has 1 radical (unpaired) electrons. The van der Waals surface area contributed by atoms with E-state index >= 15 is 0 Å². The Morgan fingerprint density at radius 1 is 1.24 bits per heavy atom. The standard InChI is InChI=1S/C27H41NO7S.Ac/c1-15-8-7-9-27(6)21(35-27)11-19(16(2)10-18-14-36-22(13-29)28-18)34-23(31)12-20(30)26(4,5)25(33)17(3)24(15)32;/h10,14-15,17,19-21,24,29-30,32H,7-9,11-13H2,1-6H3;/b16-10+;/t15-,17+,19-,20-,21?,24-,27+;/m0./s1. The summed E-state index contributed by atoms with van der Waals surface area (Å²) in [6.07, 6.45) is 1.60. The number of thiazole rings is 1. The van der Waals surface area contributed by atoms with Gasteiger partial charge in [0.15, 0.2) is 0 Å². The van der Waals surface area contributed by atoms with E-state index in [1.165, 1.54) is 11.3 Å². The fourth-order valence-electron chi connectivity index (χ4n) is 5.08. The molecule has 0 bridgehead atoms. The minimum Gasteiger partial charge on any atom is -0.458 e.